The smallest absolute Gasteiger partial charge is 0.254 e. The molecule has 2 aliphatic rings. The van der Waals surface area contributed by atoms with Crippen molar-refractivity contribution < 1.29 is 18.0 Å². The third-order valence-electron chi connectivity index (χ3n) is 6.86. The molecule has 0 aromatic heterocycles. The van der Waals surface area contributed by atoms with Gasteiger partial charge in [-0.25, -0.2) is 8.42 Å². The van der Waals surface area contributed by atoms with Gasteiger partial charge in [0.2, 0.25) is 10.0 Å². The van der Waals surface area contributed by atoms with E-state index in [1.807, 2.05) is 31.2 Å². The van der Waals surface area contributed by atoms with Gasteiger partial charge in [0.25, 0.3) is 11.8 Å². The average Bonchev–Trinajstić information content (AvgIpc) is 2.88. The number of amides is 2. The van der Waals surface area contributed by atoms with Crippen molar-refractivity contribution in [3.8, 4) is 0 Å². The highest BCUT2D eigenvalue weighted by atomic mass is 32.2. The molecule has 7 nitrogen and oxygen atoms in total. The van der Waals surface area contributed by atoms with E-state index in [-0.39, 0.29) is 16.7 Å². The van der Waals surface area contributed by atoms with E-state index >= 15 is 0 Å². The van der Waals surface area contributed by atoms with Crippen molar-refractivity contribution in [2.75, 3.05) is 39.3 Å². The number of carbonyl (C=O) groups excluding carboxylic acids is 2. The number of aryl methyl sites for hydroxylation is 2. The number of piperidine rings is 1. The van der Waals surface area contributed by atoms with E-state index in [4.69, 9.17) is 0 Å². The molecule has 0 unspecified atom stereocenters. The molecule has 2 aromatic carbocycles. The monoisotopic (exact) mass is 483 g/mol. The second kappa shape index (κ2) is 10.3. The molecule has 0 N–H and O–H groups in total. The standard InChI is InChI=1S/C26H33N3O4S/c1-3-21-8-10-22(11-9-21)25(30)27-15-17-28(18-16-27)26(31)24-19-23(12-7-20(24)2)34(32,33)29-13-5-4-6-14-29/h7-12,19H,3-6,13-18H2,1-2H3. The van der Waals surface area contributed by atoms with Crippen LogP contribution < -0.4 is 0 Å². The topological polar surface area (TPSA) is 78.0 Å². The molecule has 4 rings (SSSR count). The lowest BCUT2D eigenvalue weighted by molar-refractivity contribution is 0.0535. The van der Waals surface area contributed by atoms with E-state index in [1.54, 1.807) is 21.9 Å². The summed E-state index contributed by atoms with van der Waals surface area (Å²) in [5.41, 5.74) is 3.00. The number of carbonyl (C=O) groups is 2. The van der Waals surface area contributed by atoms with Gasteiger partial charge in [-0.3, -0.25) is 9.59 Å². The van der Waals surface area contributed by atoms with E-state index < -0.39 is 10.0 Å². The van der Waals surface area contributed by atoms with Gasteiger partial charge in [0.1, 0.15) is 0 Å². The molecule has 8 heteroatoms. The minimum absolute atomic E-state index is 0.0273. The Morgan fingerprint density at radius 1 is 0.794 bits per heavy atom. The molecule has 2 aliphatic heterocycles. The highest BCUT2D eigenvalue weighted by Crippen LogP contribution is 2.24. The van der Waals surface area contributed by atoms with Crippen LogP contribution in [0.2, 0.25) is 0 Å². The van der Waals surface area contributed by atoms with Crippen LogP contribution in [0.5, 0.6) is 0 Å². The number of hydrogen-bond acceptors (Lipinski definition) is 4. The van der Waals surface area contributed by atoms with Crippen molar-refractivity contribution in [3.05, 3.63) is 64.7 Å². The van der Waals surface area contributed by atoms with Crippen LogP contribution in [0.25, 0.3) is 0 Å². The normalized spacial score (nSPS) is 17.6. The largest absolute Gasteiger partial charge is 0.335 e. The Hall–Kier alpha value is -2.71. The Kier molecular flexibility index (Phi) is 7.38. The van der Waals surface area contributed by atoms with Crippen LogP contribution in [-0.2, 0) is 16.4 Å². The second-order valence-corrected chi connectivity index (χ2v) is 11.0. The lowest BCUT2D eigenvalue weighted by Crippen LogP contribution is -2.50. The van der Waals surface area contributed by atoms with E-state index in [1.165, 1.54) is 15.9 Å². The molecule has 2 amide bonds. The number of rotatable bonds is 5. The van der Waals surface area contributed by atoms with E-state index in [0.717, 1.165) is 31.2 Å². The number of piperazine rings is 1. The molecule has 34 heavy (non-hydrogen) atoms. The minimum atomic E-state index is -3.61. The van der Waals surface area contributed by atoms with E-state index in [0.29, 0.717) is 50.4 Å². The van der Waals surface area contributed by atoms with Crippen LogP contribution in [0.3, 0.4) is 0 Å². The first-order valence-corrected chi connectivity index (χ1v) is 13.5. The third-order valence-corrected chi connectivity index (χ3v) is 8.75. The molecule has 2 heterocycles. The predicted octanol–water partition coefficient (Wildman–Crippen LogP) is 3.33. The third kappa shape index (κ3) is 5.03. The second-order valence-electron chi connectivity index (χ2n) is 9.08. The summed E-state index contributed by atoms with van der Waals surface area (Å²) in [6.45, 7) is 6.68. The maximum atomic E-state index is 13.3. The van der Waals surface area contributed by atoms with Crippen LogP contribution in [0.4, 0.5) is 0 Å². The molecule has 0 spiro atoms. The quantitative estimate of drug-likeness (QED) is 0.654. The van der Waals surface area contributed by atoms with Gasteiger partial charge < -0.3 is 9.80 Å². The summed E-state index contributed by atoms with van der Waals surface area (Å²) >= 11 is 0. The van der Waals surface area contributed by atoms with Crippen molar-refractivity contribution in [1.82, 2.24) is 14.1 Å². The molecule has 2 aromatic rings. The van der Waals surface area contributed by atoms with Crippen LogP contribution >= 0.6 is 0 Å². The maximum Gasteiger partial charge on any atom is 0.254 e. The number of nitrogens with zero attached hydrogens (tertiary/aromatic N) is 3. The molecular formula is C26H33N3O4S. The molecule has 0 aliphatic carbocycles. The zero-order chi connectivity index (χ0) is 24.3. The van der Waals surface area contributed by atoms with Crippen molar-refractivity contribution >= 4 is 21.8 Å². The van der Waals surface area contributed by atoms with E-state index in [9.17, 15) is 18.0 Å². The molecule has 2 fully saturated rings. The van der Waals surface area contributed by atoms with Crippen LogP contribution in [0.15, 0.2) is 47.4 Å². The number of sulfonamides is 1. The van der Waals surface area contributed by atoms with Crippen molar-refractivity contribution in [3.63, 3.8) is 0 Å². The highest BCUT2D eigenvalue weighted by Gasteiger charge is 2.29. The molecular weight excluding hydrogens is 450 g/mol. The van der Waals surface area contributed by atoms with Crippen LogP contribution in [0.1, 0.15) is 58.0 Å². The van der Waals surface area contributed by atoms with Gasteiger partial charge in [-0.05, 0) is 61.6 Å². The summed E-state index contributed by atoms with van der Waals surface area (Å²) in [6, 6.07) is 12.5. The first-order valence-electron chi connectivity index (χ1n) is 12.1. The zero-order valence-electron chi connectivity index (χ0n) is 20.0. The molecule has 182 valence electrons. The summed E-state index contributed by atoms with van der Waals surface area (Å²) in [4.78, 5) is 29.8. The fourth-order valence-electron chi connectivity index (χ4n) is 4.59. The predicted molar refractivity (Wildman–Crippen MR) is 131 cm³/mol. The number of benzene rings is 2. The molecule has 2 saturated heterocycles. The van der Waals surface area contributed by atoms with Crippen LogP contribution in [-0.4, -0.2) is 73.6 Å². The van der Waals surface area contributed by atoms with Gasteiger partial charge in [-0.2, -0.15) is 4.31 Å². The fourth-order valence-corrected chi connectivity index (χ4v) is 6.14. The van der Waals surface area contributed by atoms with Crippen molar-refractivity contribution in [2.24, 2.45) is 0 Å². The van der Waals surface area contributed by atoms with Gasteiger partial charge in [0.15, 0.2) is 0 Å². The van der Waals surface area contributed by atoms with Crippen molar-refractivity contribution in [1.29, 1.82) is 0 Å². The van der Waals surface area contributed by atoms with Crippen LogP contribution in [0, 0.1) is 6.92 Å². The Labute approximate surface area is 202 Å². The Bertz CT molecular complexity index is 1150. The van der Waals surface area contributed by atoms with Gasteiger partial charge >= 0.3 is 0 Å². The summed E-state index contributed by atoms with van der Waals surface area (Å²) in [5.74, 6) is -0.215. The molecule has 0 atom stereocenters. The Balaban J connectivity index is 1.44. The summed E-state index contributed by atoms with van der Waals surface area (Å²) < 4.78 is 27.7. The van der Waals surface area contributed by atoms with E-state index in [2.05, 4.69) is 6.92 Å². The fraction of sp³-hybridized carbons (Fsp3) is 0.462. The van der Waals surface area contributed by atoms with Gasteiger partial charge in [-0.1, -0.05) is 31.5 Å². The molecule has 0 bridgehead atoms. The van der Waals surface area contributed by atoms with Gasteiger partial charge in [-0.15, -0.1) is 0 Å². The highest BCUT2D eigenvalue weighted by molar-refractivity contribution is 7.89. The maximum absolute atomic E-state index is 13.3. The number of hydrogen-bond donors (Lipinski definition) is 0. The van der Waals surface area contributed by atoms with Crippen molar-refractivity contribution in [2.45, 2.75) is 44.4 Å². The minimum Gasteiger partial charge on any atom is -0.335 e. The SMILES string of the molecule is CCc1ccc(C(=O)N2CCN(C(=O)c3cc(S(=O)(=O)N4CCCCC4)ccc3C)CC2)cc1. The zero-order valence-corrected chi connectivity index (χ0v) is 20.8. The Morgan fingerprint density at radius 2 is 1.38 bits per heavy atom. The Morgan fingerprint density at radius 3 is 1.97 bits per heavy atom. The summed E-state index contributed by atoms with van der Waals surface area (Å²) in [6.07, 6.45) is 3.70. The first kappa shape index (κ1) is 24.4. The molecule has 0 radical (unpaired) electrons. The van der Waals surface area contributed by atoms with Gasteiger partial charge in [0, 0.05) is 50.4 Å². The average molecular weight is 484 g/mol. The first-order chi connectivity index (χ1) is 16.3. The summed E-state index contributed by atoms with van der Waals surface area (Å²) in [5, 5.41) is 0. The lowest BCUT2D eigenvalue weighted by Gasteiger charge is -2.35. The molecule has 0 saturated carbocycles. The summed E-state index contributed by atoms with van der Waals surface area (Å²) in [7, 11) is -3.61. The lowest BCUT2D eigenvalue weighted by atomic mass is 10.1. The van der Waals surface area contributed by atoms with Gasteiger partial charge in [0.05, 0.1) is 4.90 Å².